The van der Waals surface area contributed by atoms with E-state index < -0.39 is 11.2 Å². The predicted octanol–water partition coefficient (Wildman–Crippen LogP) is 4.18. The van der Waals surface area contributed by atoms with Crippen molar-refractivity contribution in [3.05, 3.63) is 34.9 Å². The molecule has 0 aliphatic carbocycles. The van der Waals surface area contributed by atoms with Gasteiger partial charge in [-0.1, -0.05) is 23.7 Å². The Kier molecular flexibility index (Phi) is 6.94. The number of hydrogen-bond acceptors (Lipinski definition) is 4. The second-order valence-electron chi connectivity index (χ2n) is 8.02. The van der Waals surface area contributed by atoms with E-state index >= 15 is 0 Å². The standard InChI is InChI=1S/C20H31ClN2O3/c1-19(2,3)26-18(24)23-11-6-8-16(14-23)20(4,25-12-10-22)15-7-5-9-17(21)13-15/h5,7,9,13,16H,6,8,10-12,14,22H2,1-4H3/t16?,20-/m0/s1. The maximum absolute atomic E-state index is 12.5. The van der Waals surface area contributed by atoms with E-state index in [1.54, 1.807) is 4.90 Å². The summed E-state index contributed by atoms with van der Waals surface area (Å²) >= 11 is 6.21. The van der Waals surface area contributed by atoms with Crippen LogP contribution in [0.3, 0.4) is 0 Å². The molecule has 1 aromatic carbocycles. The topological polar surface area (TPSA) is 64.8 Å². The highest BCUT2D eigenvalue weighted by molar-refractivity contribution is 6.30. The van der Waals surface area contributed by atoms with Crippen LogP contribution >= 0.6 is 11.6 Å². The van der Waals surface area contributed by atoms with Gasteiger partial charge in [0.2, 0.25) is 0 Å². The highest BCUT2D eigenvalue weighted by Gasteiger charge is 2.41. The zero-order valence-corrected chi connectivity index (χ0v) is 17.0. The van der Waals surface area contributed by atoms with E-state index in [0.717, 1.165) is 18.4 Å². The van der Waals surface area contributed by atoms with Crippen molar-refractivity contribution in [1.29, 1.82) is 0 Å². The van der Waals surface area contributed by atoms with E-state index in [9.17, 15) is 4.79 Å². The molecule has 0 bridgehead atoms. The lowest BCUT2D eigenvalue weighted by Crippen LogP contribution is -2.49. The first-order chi connectivity index (χ1) is 12.2. The summed E-state index contributed by atoms with van der Waals surface area (Å²) in [6.45, 7) is 9.89. The summed E-state index contributed by atoms with van der Waals surface area (Å²) in [4.78, 5) is 14.3. The molecule has 1 fully saturated rings. The first-order valence-electron chi connectivity index (χ1n) is 9.24. The molecule has 2 N–H and O–H groups in total. The molecule has 1 heterocycles. The maximum atomic E-state index is 12.5. The van der Waals surface area contributed by atoms with Gasteiger partial charge in [-0.2, -0.15) is 0 Å². The lowest BCUT2D eigenvalue weighted by atomic mass is 9.78. The minimum Gasteiger partial charge on any atom is -0.444 e. The number of nitrogens with two attached hydrogens (primary N) is 1. The molecule has 0 spiro atoms. The van der Waals surface area contributed by atoms with E-state index in [2.05, 4.69) is 6.92 Å². The zero-order chi connectivity index (χ0) is 19.4. The Morgan fingerprint density at radius 3 is 2.69 bits per heavy atom. The molecule has 1 unspecified atom stereocenters. The minimum absolute atomic E-state index is 0.133. The van der Waals surface area contributed by atoms with Gasteiger partial charge >= 0.3 is 6.09 Å². The van der Waals surface area contributed by atoms with E-state index in [1.807, 2.05) is 45.0 Å². The normalized spacial score (nSPS) is 20.5. The Labute approximate surface area is 161 Å². The number of carbonyl (C=O) groups is 1. The third-order valence-electron chi connectivity index (χ3n) is 4.77. The van der Waals surface area contributed by atoms with Gasteiger partial charge in [0.25, 0.3) is 0 Å². The van der Waals surface area contributed by atoms with Crippen LogP contribution < -0.4 is 5.73 Å². The van der Waals surface area contributed by atoms with Crippen molar-refractivity contribution in [3.63, 3.8) is 0 Å². The molecule has 26 heavy (non-hydrogen) atoms. The van der Waals surface area contributed by atoms with Crippen LogP contribution in [0.5, 0.6) is 0 Å². The van der Waals surface area contributed by atoms with Crippen LogP contribution in [-0.2, 0) is 15.1 Å². The van der Waals surface area contributed by atoms with E-state index in [4.69, 9.17) is 26.8 Å². The van der Waals surface area contributed by atoms with Gasteiger partial charge in [-0.15, -0.1) is 0 Å². The number of likely N-dealkylation sites (tertiary alicyclic amines) is 1. The van der Waals surface area contributed by atoms with Crippen LogP contribution in [0.25, 0.3) is 0 Å². The number of piperidine rings is 1. The molecule has 5 nitrogen and oxygen atoms in total. The fourth-order valence-electron chi connectivity index (χ4n) is 3.42. The number of benzene rings is 1. The smallest absolute Gasteiger partial charge is 0.410 e. The zero-order valence-electron chi connectivity index (χ0n) is 16.3. The lowest BCUT2D eigenvalue weighted by molar-refractivity contribution is -0.0953. The molecule has 6 heteroatoms. The average Bonchev–Trinajstić information content (AvgIpc) is 2.58. The Bertz CT molecular complexity index is 617. The SMILES string of the molecule is CC(C)(C)OC(=O)N1CCCC([C@@](C)(OCCN)c2cccc(Cl)c2)C1. The number of amides is 1. The number of ether oxygens (including phenoxy) is 2. The molecule has 0 aromatic heterocycles. The molecule has 1 saturated heterocycles. The fourth-order valence-corrected chi connectivity index (χ4v) is 3.61. The van der Waals surface area contributed by atoms with Crippen molar-refractivity contribution < 1.29 is 14.3 Å². The molecule has 1 aliphatic rings. The van der Waals surface area contributed by atoms with Crippen molar-refractivity contribution >= 4 is 17.7 Å². The molecule has 1 aliphatic heterocycles. The molecular formula is C20H31ClN2O3. The Balaban J connectivity index is 2.23. The molecule has 2 atom stereocenters. The summed E-state index contributed by atoms with van der Waals surface area (Å²) in [5, 5.41) is 0.671. The molecule has 0 radical (unpaired) electrons. The van der Waals surface area contributed by atoms with E-state index in [-0.39, 0.29) is 12.0 Å². The maximum Gasteiger partial charge on any atom is 0.410 e. The summed E-state index contributed by atoms with van der Waals surface area (Å²) in [5.41, 5.74) is 5.62. The van der Waals surface area contributed by atoms with Crippen molar-refractivity contribution in [2.24, 2.45) is 11.7 Å². The van der Waals surface area contributed by atoms with Gasteiger partial charge in [-0.3, -0.25) is 0 Å². The lowest BCUT2D eigenvalue weighted by Gasteiger charge is -2.43. The van der Waals surface area contributed by atoms with Crippen molar-refractivity contribution in [2.45, 2.75) is 51.7 Å². The first kappa shape index (κ1) is 21.0. The van der Waals surface area contributed by atoms with Crippen LogP contribution in [0.2, 0.25) is 5.02 Å². The summed E-state index contributed by atoms with van der Waals surface area (Å²) < 4.78 is 11.8. The number of hydrogen-bond donors (Lipinski definition) is 1. The molecule has 1 amide bonds. The van der Waals surface area contributed by atoms with Gasteiger partial charge in [0.1, 0.15) is 5.60 Å². The highest BCUT2D eigenvalue weighted by Crippen LogP contribution is 2.39. The number of nitrogens with zero attached hydrogens (tertiary/aromatic N) is 1. The summed E-state index contributed by atoms with van der Waals surface area (Å²) in [6.07, 6.45) is 1.60. The third kappa shape index (κ3) is 5.35. The highest BCUT2D eigenvalue weighted by atomic mass is 35.5. The van der Waals surface area contributed by atoms with Crippen LogP contribution in [0.15, 0.2) is 24.3 Å². The van der Waals surface area contributed by atoms with Gasteiger partial charge in [0, 0.05) is 30.6 Å². The van der Waals surface area contributed by atoms with Crippen molar-refractivity contribution in [1.82, 2.24) is 4.90 Å². The Hall–Kier alpha value is -1.30. The average molecular weight is 383 g/mol. The largest absolute Gasteiger partial charge is 0.444 e. The third-order valence-corrected chi connectivity index (χ3v) is 5.00. The molecule has 0 saturated carbocycles. The molecule has 2 rings (SSSR count). The van der Waals surface area contributed by atoms with Gasteiger partial charge in [0.05, 0.1) is 12.2 Å². The summed E-state index contributed by atoms with van der Waals surface area (Å²) in [7, 11) is 0. The Morgan fingerprint density at radius 2 is 2.08 bits per heavy atom. The second kappa shape index (κ2) is 8.59. The molecule has 1 aromatic rings. The molecular weight excluding hydrogens is 352 g/mol. The number of rotatable bonds is 5. The van der Waals surface area contributed by atoms with Gasteiger partial charge in [0.15, 0.2) is 0 Å². The van der Waals surface area contributed by atoms with Gasteiger partial charge < -0.3 is 20.1 Å². The van der Waals surface area contributed by atoms with Gasteiger partial charge in [-0.05, 0) is 58.2 Å². The van der Waals surface area contributed by atoms with Crippen LogP contribution in [0, 0.1) is 5.92 Å². The monoisotopic (exact) mass is 382 g/mol. The van der Waals surface area contributed by atoms with E-state index in [0.29, 0.717) is 31.3 Å². The second-order valence-corrected chi connectivity index (χ2v) is 8.46. The van der Waals surface area contributed by atoms with Crippen LogP contribution in [0.1, 0.15) is 46.1 Å². The fraction of sp³-hybridized carbons (Fsp3) is 0.650. The minimum atomic E-state index is -0.565. The van der Waals surface area contributed by atoms with Crippen molar-refractivity contribution in [2.75, 3.05) is 26.2 Å². The van der Waals surface area contributed by atoms with Crippen LogP contribution in [0.4, 0.5) is 4.79 Å². The quantitative estimate of drug-likeness (QED) is 0.829. The van der Waals surface area contributed by atoms with Gasteiger partial charge in [-0.25, -0.2) is 4.79 Å². The van der Waals surface area contributed by atoms with Crippen molar-refractivity contribution in [3.8, 4) is 0 Å². The predicted molar refractivity (Wildman–Crippen MR) is 104 cm³/mol. The van der Waals surface area contributed by atoms with Crippen LogP contribution in [-0.4, -0.2) is 42.8 Å². The summed E-state index contributed by atoms with van der Waals surface area (Å²) in [5.74, 6) is 0.133. The molecule has 146 valence electrons. The Morgan fingerprint density at radius 1 is 1.35 bits per heavy atom. The van der Waals surface area contributed by atoms with E-state index in [1.165, 1.54) is 0 Å². The first-order valence-corrected chi connectivity index (χ1v) is 9.61. The summed E-state index contributed by atoms with van der Waals surface area (Å²) in [6, 6.07) is 7.73. The number of halogens is 1. The number of carbonyl (C=O) groups excluding carboxylic acids is 1.